The highest BCUT2D eigenvalue weighted by Gasteiger charge is 2.44. The molecule has 39 heavy (non-hydrogen) atoms. The lowest BCUT2D eigenvalue weighted by molar-refractivity contribution is -0.138. The number of rotatable bonds is 7. The van der Waals surface area contributed by atoms with Crippen molar-refractivity contribution in [2.75, 3.05) is 30.3 Å². The minimum Gasteiger partial charge on any atom is -0.378 e. The highest BCUT2D eigenvalue weighted by atomic mass is 19.4. The second kappa shape index (κ2) is 11.7. The number of fused-ring (bicyclic) bond motifs is 3. The smallest absolute Gasteiger partial charge is 0.378 e. The molecule has 6 nitrogen and oxygen atoms in total. The summed E-state index contributed by atoms with van der Waals surface area (Å²) in [7, 11) is 0. The van der Waals surface area contributed by atoms with Gasteiger partial charge in [0, 0.05) is 35.9 Å². The Balaban J connectivity index is 1.40. The summed E-state index contributed by atoms with van der Waals surface area (Å²) in [5, 5.41) is 6.41. The summed E-state index contributed by atoms with van der Waals surface area (Å²) < 4.78 is 47.5. The summed E-state index contributed by atoms with van der Waals surface area (Å²) in [6.07, 6.45) is -3.29. The van der Waals surface area contributed by atoms with E-state index < -0.39 is 17.8 Å². The zero-order valence-corrected chi connectivity index (χ0v) is 21.5. The van der Waals surface area contributed by atoms with E-state index >= 15 is 0 Å². The molecule has 1 saturated heterocycles. The Labute approximate surface area is 226 Å². The van der Waals surface area contributed by atoms with Crippen LogP contribution in [0.1, 0.15) is 48.1 Å². The van der Waals surface area contributed by atoms with Crippen molar-refractivity contribution in [2.45, 2.75) is 43.7 Å². The Morgan fingerprint density at radius 2 is 1.74 bits per heavy atom. The minimum absolute atomic E-state index is 0.0599. The zero-order chi connectivity index (χ0) is 27.4. The lowest BCUT2D eigenvalue weighted by Gasteiger charge is -2.46. The van der Waals surface area contributed by atoms with E-state index in [1.165, 1.54) is 12.1 Å². The van der Waals surface area contributed by atoms with Crippen LogP contribution in [0.3, 0.4) is 0 Å². The quantitative estimate of drug-likeness (QED) is 0.317. The first-order valence-electron chi connectivity index (χ1n) is 13.3. The normalized spacial score (nSPS) is 22.3. The summed E-state index contributed by atoms with van der Waals surface area (Å²) in [6, 6.07) is 22.6. The fraction of sp³-hybridized carbons (Fsp3) is 0.367. The molecule has 0 saturated carbocycles. The largest absolute Gasteiger partial charge is 0.416 e. The van der Waals surface area contributed by atoms with E-state index in [1.807, 2.05) is 60.7 Å². The number of nitrogens with one attached hydrogen (secondary N) is 2. The first-order chi connectivity index (χ1) is 18.8. The van der Waals surface area contributed by atoms with Crippen LogP contribution in [-0.4, -0.2) is 36.7 Å². The third-order valence-electron chi connectivity index (χ3n) is 7.50. The Bertz CT molecular complexity index is 1260. The second-order valence-electron chi connectivity index (χ2n) is 10.1. The minimum atomic E-state index is -4.45. The van der Waals surface area contributed by atoms with Crippen molar-refractivity contribution < 1.29 is 22.7 Å². The fourth-order valence-corrected chi connectivity index (χ4v) is 5.58. The van der Waals surface area contributed by atoms with E-state index in [1.54, 1.807) is 4.90 Å². The number of anilines is 2. The van der Waals surface area contributed by atoms with Crippen molar-refractivity contribution in [3.63, 3.8) is 0 Å². The van der Waals surface area contributed by atoms with Crippen LogP contribution >= 0.6 is 0 Å². The summed E-state index contributed by atoms with van der Waals surface area (Å²) in [5.74, 6) is -0.0599. The third-order valence-corrected chi connectivity index (χ3v) is 7.50. The molecule has 3 aromatic carbocycles. The summed E-state index contributed by atoms with van der Waals surface area (Å²) >= 11 is 0. The number of hydrogen-bond acceptors (Lipinski definition) is 4. The number of nitrogens with zero attached hydrogens (tertiary/aromatic N) is 1. The van der Waals surface area contributed by atoms with Crippen LogP contribution in [0.2, 0.25) is 0 Å². The molecule has 3 aromatic rings. The molecule has 9 heteroatoms. The maximum absolute atomic E-state index is 13.6. The maximum atomic E-state index is 13.6. The molecule has 0 aliphatic carbocycles. The molecule has 0 bridgehead atoms. The van der Waals surface area contributed by atoms with Crippen molar-refractivity contribution >= 4 is 17.4 Å². The molecule has 0 radical (unpaired) electrons. The van der Waals surface area contributed by atoms with Crippen LogP contribution in [0.4, 0.5) is 29.3 Å². The molecule has 206 valence electrons. The van der Waals surface area contributed by atoms with Gasteiger partial charge in [-0.05, 0) is 61.7 Å². The number of para-hydroxylation sites is 1. The first-order valence-corrected chi connectivity index (χ1v) is 13.3. The van der Waals surface area contributed by atoms with Gasteiger partial charge in [0.05, 0.1) is 23.8 Å². The Morgan fingerprint density at radius 3 is 2.44 bits per heavy atom. The number of ether oxygens (including phenoxy) is 1. The van der Waals surface area contributed by atoms with Crippen LogP contribution in [0.15, 0.2) is 78.9 Å². The van der Waals surface area contributed by atoms with Crippen molar-refractivity contribution in [3.05, 3.63) is 95.6 Å². The molecular weight excluding hydrogens is 505 g/mol. The van der Waals surface area contributed by atoms with Gasteiger partial charge < -0.3 is 26.0 Å². The molecule has 1 fully saturated rings. The summed E-state index contributed by atoms with van der Waals surface area (Å²) in [5.41, 5.74) is 7.93. The number of carbonyl (C=O) groups is 1. The van der Waals surface area contributed by atoms with Gasteiger partial charge in [-0.1, -0.05) is 48.5 Å². The Morgan fingerprint density at radius 1 is 1.03 bits per heavy atom. The van der Waals surface area contributed by atoms with Crippen LogP contribution in [0.25, 0.3) is 0 Å². The highest BCUT2D eigenvalue weighted by molar-refractivity contribution is 5.89. The molecule has 4 N–H and O–H groups in total. The van der Waals surface area contributed by atoms with Crippen LogP contribution < -0.4 is 16.4 Å². The molecule has 2 heterocycles. The van der Waals surface area contributed by atoms with Gasteiger partial charge in [-0.15, -0.1) is 0 Å². The van der Waals surface area contributed by atoms with Gasteiger partial charge in [0.25, 0.3) is 0 Å². The van der Waals surface area contributed by atoms with E-state index in [-0.39, 0.29) is 24.1 Å². The average Bonchev–Trinajstić information content (AvgIpc) is 2.95. The van der Waals surface area contributed by atoms with E-state index in [9.17, 15) is 18.0 Å². The van der Waals surface area contributed by atoms with Gasteiger partial charge in [-0.2, -0.15) is 13.2 Å². The first kappa shape index (κ1) is 27.0. The number of alkyl halides is 3. The second-order valence-corrected chi connectivity index (χ2v) is 10.1. The van der Waals surface area contributed by atoms with Crippen LogP contribution in [0.5, 0.6) is 0 Å². The predicted octanol–water partition coefficient (Wildman–Crippen LogP) is 6.59. The molecule has 0 aromatic heterocycles. The van der Waals surface area contributed by atoms with Crippen molar-refractivity contribution in [3.8, 4) is 0 Å². The Kier molecular flexibility index (Phi) is 8.09. The monoisotopic (exact) mass is 538 g/mol. The van der Waals surface area contributed by atoms with E-state index in [0.29, 0.717) is 49.4 Å². The fourth-order valence-electron chi connectivity index (χ4n) is 5.58. The van der Waals surface area contributed by atoms with E-state index in [2.05, 4.69) is 10.6 Å². The number of urea groups is 1. The molecule has 0 spiro atoms. The highest BCUT2D eigenvalue weighted by Crippen LogP contribution is 2.51. The molecular formula is C30H33F3N4O2. The number of amides is 2. The maximum Gasteiger partial charge on any atom is 0.416 e. The molecule has 1 unspecified atom stereocenters. The number of benzene rings is 3. The summed E-state index contributed by atoms with van der Waals surface area (Å²) in [4.78, 5) is 14.8. The van der Waals surface area contributed by atoms with Gasteiger partial charge >= 0.3 is 12.2 Å². The van der Waals surface area contributed by atoms with Gasteiger partial charge in [0.1, 0.15) is 0 Å². The standard InChI is InChI=1S/C30H33F3N4O2/c31-30(32,33)21-12-15-26-25(18-21)28-24(27(36-26)20-8-3-1-4-9-20)14-13-23(39-28)19-37(17-7-16-34)29(38)35-22-10-5-2-6-11-22/h1-6,8-12,15,18,23-24,27-28,36H,7,13-14,16-17,19,34H2,(H,35,38)/t23-,24?,27+,28+/m1/s1. The topological polar surface area (TPSA) is 79.6 Å². The average molecular weight is 539 g/mol. The number of hydrogen-bond donors (Lipinski definition) is 3. The summed E-state index contributed by atoms with van der Waals surface area (Å²) in [6.45, 7) is 1.20. The SMILES string of the molecule is NCCCN(C[C@H]1CCC2[C@H](O1)c1cc(C(F)(F)F)ccc1N[C@H]2c1ccccc1)C(=O)Nc1ccccc1. The third kappa shape index (κ3) is 6.20. The van der Waals surface area contributed by atoms with Crippen molar-refractivity contribution in [1.82, 2.24) is 4.90 Å². The lowest BCUT2D eigenvalue weighted by atomic mass is 9.76. The number of nitrogens with two attached hydrogens (primary N) is 1. The molecule has 2 amide bonds. The van der Waals surface area contributed by atoms with Crippen LogP contribution in [-0.2, 0) is 10.9 Å². The van der Waals surface area contributed by atoms with Gasteiger partial charge in [0.15, 0.2) is 0 Å². The van der Waals surface area contributed by atoms with Crippen LogP contribution in [0, 0.1) is 5.92 Å². The van der Waals surface area contributed by atoms with Gasteiger partial charge in [0.2, 0.25) is 0 Å². The van der Waals surface area contributed by atoms with E-state index in [0.717, 1.165) is 18.1 Å². The van der Waals surface area contributed by atoms with Crippen molar-refractivity contribution in [2.24, 2.45) is 11.7 Å². The predicted molar refractivity (Wildman–Crippen MR) is 145 cm³/mol. The van der Waals surface area contributed by atoms with Gasteiger partial charge in [-0.25, -0.2) is 4.79 Å². The van der Waals surface area contributed by atoms with Crippen molar-refractivity contribution in [1.29, 1.82) is 0 Å². The molecule has 5 rings (SSSR count). The lowest BCUT2D eigenvalue weighted by Crippen LogP contribution is -2.46. The number of halogens is 3. The molecule has 2 aliphatic rings. The molecule has 4 atom stereocenters. The number of carbonyl (C=O) groups excluding carboxylic acids is 1. The zero-order valence-electron chi connectivity index (χ0n) is 21.5. The Hall–Kier alpha value is -3.56. The molecule has 2 aliphatic heterocycles. The van der Waals surface area contributed by atoms with Gasteiger partial charge in [-0.3, -0.25) is 0 Å². The van der Waals surface area contributed by atoms with E-state index in [4.69, 9.17) is 10.5 Å².